The summed E-state index contributed by atoms with van der Waals surface area (Å²) in [7, 11) is 0. The minimum absolute atomic E-state index is 0.102. The number of thioether (sulfide) groups is 1. The summed E-state index contributed by atoms with van der Waals surface area (Å²) >= 11 is 1.38. The standard InChI is InChI=1S/C4H6N2OS/c5-4(7)3-1-6-2-8-3/h2-3H,1H2,(H2,5,7). The lowest BCUT2D eigenvalue weighted by Gasteiger charge is -1.96. The Morgan fingerprint density at radius 2 is 2.75 bits per heavy atom. The molecule has 0 aromatic heterocycles. The van der Waals surface area contributed by atoms with Crippen LogP contribution in [0.1, 0.15) is 0 Å². The molecule has 0 bridgehead atoms. The summed E-state index contributed by atoms with van der Waals surface area (Å²) in [6, 6.07) is 0. The molecule has 0 fully saturated rings. The average Bonchev–Trinajstić information content (AvgIpc) is 2.12. The van der Waals surface area contributed by atoms with E-state index < -0.39 is 0 Å². The Bertz CT molecular complexity index is 126. The molecule has 1 atom stereocenters. The van der Waals surface area contributed by atoms with Crippen molar-refractivity contribution in [3.05, 3.63) is 0 Å². The van der Waals surface area contributed by atoms with Crippen LogP contribution in [0.5, 0.6) is 0 Å². The maximum atomic E-state index is 10.3. The molecule has 1 rings (SSSR count). The second kappa shape index (κ2) is 2.17. The second-order valence-corrected chi connectivity index (χ2v) is 2.55. The molecule has 8 heavy (non-hydrogen) atoms. The highest BCUT2D eigenvalue weighted by Gasteiger charge is 2.16. The van der Waals surface area contributed by atoms with E-state index in [4.69, 9.17) is 5.73 Å². The van der Waals surface area contributed by atoms with E-state index in [1.807, 2.05) is 0 Å². The van der Waals surface area contributed by atoms with Crippen molar-refractivity contribution in [3.63, 3.8) is 0 Å². The van der Waals surface area contributed by atoms with Crippen molar-refractivity contribution in [2.45, 2.75) is 5.25 Å². The van der Waals surface area contributed by atoms with Crippen molar-refractivity contribution in [3.8, 4) is 0 Å². The van der Waals surface area contributed by atoms with Crippen molar-refractivity contribution in [1.29, 1.82) is 0 Å². The van der Waals surface area contributed by atoms with Crippen LogP contribution in [0.2, 0.25) is 0 Å². The van der Waals surface area contributed by atoms with Gasteiger partial charge in [0.2, 0.25) is 5.91 Å². The van der Waals surface area contributed by atoms with Crippen LogP contribution in [0.4, 0.5) is 0 Å². The van der Waals surface area contributed by atoms with Crippen molar-refractivity contribution in [2.75, 3.05) is 6.54 Å². The molecule has 0 radical (unpaired) electrons. The van der Waals surface area contributed by atoms with Gasteiger partial charge < -0.3 is 5.73 Å². The zero-order valence-electron chi connectivity index (χ0n) is 4.20. The summed E-state index contributed by atoms with van der Waals surface area (Å²) in [4.78, 5) is 14.1. The number of carbonyl (C=O) groups is 1. The molecular formula is C4H6N2OS. The Balaban J connectivity index is 2.41. The highest BCUT2D eigenvalue weighted by molar-refractivity contribution is 8.13. The van der Waals surface area contributed by atoms with Gasteiger partial charge in [-0.1, -0.05) is 11.8 Å². The second-order valence-electron chi connectivity index (χ2n) is 1.50. The van der Waals surface area contributed by atoms with Crippen molar-refractivity contribution in [1.82, 2.24) is 0 Å². The highest BCUT2D eigenvalue weighted by Crippen LogP contribution is 2.12. The van der Waals surface area contributed by atoms with Crippen molar-refractivity contribution < 1.29 is 4.79 Å². The van der Waals surface area contributed by atoms with Gasteiger partial charge in [-0.2, -0.15) is 0 Å². The molecule has 44 valence electrons. The zero-order chi connectivity index (χ0) is 5.98. The molecule has 3 nitrogen and oxygen atoms in total. The molecule has 4 heteroatoms. The maximum Gasteiger partial charge on any atom is 0.232 e. The van der Waals surface area contributed by atoms with Gasteiger partial charge in [0.15, 0.2) is 0 Å². The largest absolute Gasteiger partial charge is 0.369 e. The molecule has 1 unspecified atom stereocenters. The number of primary amides is 1. The normalized spacial score (nSPS) is 26.2. The smallest absolute Gasteiger partial charge is 0.232 e. The number of nitrogens with zero attached hydrogens (tertiary/aromatic N) is 1. The number of nitrogens with two attached hydrogens (primary N) is 1. The van der Waals surface area contributed by atoms with Gasteiger partial charge in [0.1, 0.15) is 5.25 Å². The number of carbonyl (C=O) groups excluding carboxylic acids is 1. The molecule has 0 saturated heterocycles. The third-order valence-electron chi connectivity index (χ3n) is 0.888. The van der Waals surface area contributed by atoms with Crippen LogP contribution in [-0.2, 0) is 4.79 Å². The number of amides is 1. The summed E-state index contributed by atoms with van der Waals surface area (Å²) in [6.45, 7) is 0.556. The first-order valence-corrected chi connectivity index (χ1v) is 3.18. The Kier molecular flexibility index (Phi) is 1.53. The fraction of sp³-hybridized carbons (Fsp3) is 0.500. The lowest BCUT2D eigenvalue weighted by atomic mass is 10.4. The van der Waals surface area contributed by atoms with E-state index in [2.05, 4.69) is 4.99 Å². The Morgan fingerprint density at radius 3 is 3.00 bits per heavy atom. The fourth-order valence-corrected chi connectivity index (χ4v) is 1.08. The topological polar surface area (TPSA) is 55.5 Å². The number of hydrogen-bond acceptors (Lipinski definition) is 3. The monoisotopic (exact) mass is 130 g/mol. The third-order valence-corrected chi connectivity index (χ3v) is 1.87. The molecule has 0 aromatic carbocycles. The van der Waals surface area contributed by atoms with E-state index in [0.29, 0.717) is 6.54 Å². The van der Waals surface area contributed by atoms with Crippen LogP contribution >= 0.6 is 11.8 Å². The molecule has 2 N–H and O–H groups in total. The van der Waals surface area contributed by atoms with Crippen LogP contribution in [-0.4, -0.2) is 23.2 Å². The SMILES string of the molecule is NC(=O)C1CN=CS1. The first-order chi connectivity index (χ1) is 3.80. The summed E-state index contributed by atoms with van der Waals surface area (Å²) in [5, 5.41) is -0.102. The number of aliphatic imine (C=N–C) groups is 1. The lowest BCUT2D eigenvalue weighted by Crippen LogP contribution is -2.25. The van der Waals surface area contributed by atoms with Crippen LogP contribution in [0, 0.1) is 0 Å². The van der Waals surface area contributed by atoms with Crippen LogP contribution < -0.4 is 5.73 Å². The lowest BCUT2D eigenvalue weighted by molar-refractivity contribution is -0.117. The molecule has 1 aliphatic rings. The van der Waals surface area contributed by atoms with Gasteiger partial charge in [-0.25, -0.2) is 0 Å². The summed E-state index contributed by atoms with van der Waals surface area (Å²) < 4.78 is 0. The molecule has 1 amide bonds. The molecule has 1 heterocycles. The predicted octanol–water partition coefficient (Wildman–Crippen LogP) is -0.385. The van der Waals surface area contributed by atoms with Gasteiger partial charge in [-0.3, -0.25) is 9.79 Å². The van der Waals surface area contributed by atoms with Gasteiger partial charge in [-0.05, 0) is 0 Å². The summed E-state index contributed by atoms with van der Waals surface area (Å²) in [5.74, 6) is -0.271. The minimum atomic E-state index is -0.271. The first kappa shape index (κ1) is 5.62. The quantitative estimate of drug-likeness (QED) is 0.526. The van der Waals surface area contributed by atoms with Crippen molar-refractivity contribution in [2.24, 2.45) is 10.7 Å². The van der Waals surface area contributed by atoms with E-state index in [-0.39, 0.29) is 11.2 Å². The highest BCUT2D eigenvalue weighted by atomic mass is 32.2. The van der Waals surface area contributed by atoms with E-state index in [0.717, 1.165) is 0 Å². The Labute approximate surface area is 51.3 Å². The van der Waals surface area contributed by atoms with E-state index >= 15 is 0 Å². The van der Waals surface area contributed by atoms with Crippen LogP contribution in [0.25, 0.3) is 0 Å². The first-order valence-electron chi connectivity index (χ1n) is 2.24. The molecule has 0 aromatic rings. The number of hydrogen-bond donors (Lipinski definition) is 1. The summed E-state index contributed by atoms with van der Waals surface area (Å²) in [6.07, 6.45) is 0. The minimum Gasteiger partial charge on any atom is -0.369 e. The van der Waals surface area contributed by atoms with Crippen LogP contribution in [0.3, 0.4) is 0 Å². The molecule has 1 aliphatic heterocycles. The molecule has 0 saturated carbocycles. The molecule has 0 spiro atoms. The summed E-state index contributed by atoms with van der Waals surface area (Å²) in [5.41, 5.74) is 6.62. The zero-order valence-corrected chi connectivity index (χ0v) is 5.02. The van der Waals surface area contributed by atoms with E-state index in [1.165, 1.54) is 11.8 Å². The number of rotatable bonds is 1. The van der Waals surface area contributed by atoms with E-state index in [1.54, 1.807) is 5.55 Å². The van der Waals surface area contributed by atoms with Gasteiger partial charge >= 0.3 is 0 Å². The van der Waals surface area contributed by atoms with Gasteiger partial charge in [-0.15, -0.1) is 0 Å². The third kappa shape index (κ3) is 1.01. The van der Waals surface area contributed by atoms with Crippen LogP contribution in [0.15, 0.2) is 4.99 Å². The van der Waals surface area contributed by atoms with Gasteiger partial charge in [0, 0.05) is 0 Å². The van der Waals surface area contributed by atoms with E-state index in [9.17, 15) is 4.79 Å². The van der Waals surface area contributed by atoms with Crippen molar-refractivity contribution >= 4 is 23.2 Å². The predicted molar refractivity (Wildman–Crippen MR) is 33.9 cm³/mol. The fourth-order valence-electron chi connectivity index (χ4n) is 0.455. The maximum absolute atomic E-state index is 10.3. The van der Waals surface area contributed by atoms with Gasteiger partial charge in [0.05, 0.1) is 12.1 Å². The average molecular weight is 130 g/mol. The molecular weight excluding hydrogens is 124 g/mol. The van der Waals surface area contributed by atoms with Gasteiger partial charge in [0.25, 0.3) is 0 Å². The Hall–Kier alpha value is -0.510. The Morgan fingerprint density at radius 1 is 2.00 bits per heavy atom. The molecule has 0 aliphatic carbocycles.